The van der Waals surface area contributed by atoms with Crippen LogP contribution in [-0.4, -0.2) is 131 Å². The van der Waals surface area contributed by atoms with E-state index in [0.29, 0.717) is 26.4 Å². The summed E-state index contributed by atoms with van der Waals surface area (Å²) in [7, 11) is -20.1. The minimum absolute atomic E-state index is 0.00431. The molecule has 5 rings (SSSR count). The summed E-state index contributed by atoms with van der Waals surface area (Å²) in [6, 6.07) is 8.73. The van der Waals surface area contributed by atoms with Gasteiger partial charge in [-0.05, 0) is 76.2 Å². The zero-order valence-electron chi connectivity index (χ0n) is 37.9. The highest BCUT2D eigenvalue weighted by Gasteiger charge is 2.29. The summed E-state index contributed by atoms with van der Waals surface area (Å²) >= 11 is 0. The van der Waals surface area contributed by atoms with Gasteiger partial charge in [0, 0.05) is 96.6 Å². The molecule has 0 fully saturated rings. The Labute approximate surface area is 396 Å². The highest BCUT2D eigenvalue weighted by Crippen LogP contribution is 2.42. The van der Waals surface area contributed by atoms with Gasteiger partial charge in [0.15, 0.2) is 0 Å². The number of fused-ring (bicyclic) bond motifs is 8. The van der Waals surface area contributed by atoms with Crippen LogP contribution in [-0.2, 0) is 85.1 Å². The van der Waals surface area contributed by atoms with Crippen LogP contribution < -0.4 is 18.9 Å². The Kier molecular flexibility index (Phi) is 19.2. The van der Waals surface area contributed by atoms with Crippen LogP contribution in [0.2, 0.25) is 0 Å². The van der Waals surface area contributed by atoms with Crippen LogP contribution in [0.15, 0.2) is 68.1 Å². The Balaban J connectivity index is 2.01. The molecule has 0 heterocycles. The van der Waals surface area contributed by atoms with E-state index < -0.39 is 85.7 Å². The fourth-order valence-corrected chi connectivity index (χ4v) is 9.82. The first-order chi connectivity index (χ1) is 32.1. The quantitative estimate of drug-likeness (QED) is 0.0466. The van der Waals surface area contributed by atoms with Crippen molar-refractivity contribution >= 4 is 40.5 Å². The molecule has 1 aliphatic carbocycles. The van der Waals surface area contributed by atoms with Crippen molar-refractivity contribution in [2.45, 2.75) is 73.0 Å². The molecule has 0 aliphatic heterocycles. The van der Waals surface area contributed by atoms with Crippen LogP contribution in [0.5, 0.6) is 23.0 Å². The lowest BCUT2D eigenvalue weighted by Crippen LogP contribution is -2.16. The van der Waals surface area contributed by atoms with E-state index in [9.17, 15) is 51.9 Å². The van der Waals surface area contributed by atoms with Crippen molar-refractivity contribution in [1.82, 2.24) is 0 Å². The second-order valence-corrected chi connectivity index (χ2v) is 20.8. The number of rotatable bonds is 24. The van der Waals surface area contributed by atoms with E-state index in [1.165, 1.54) is 0 Å². The van der Waals surface area contributed by atoms with Gasteiger partial charge in [-0.1, -0.05) is 0 Å². The molecule has 0 saturated carbocycles. The Bertz CT molecular complexity index is 2380. The molecule has 1 aliphatic rings. The van der Waals surface area contributed by atoms with Crippen molar-refractivity contribution in [3.05, 3.63) is 93.0 Å². The Hall–Kier alpha value is -4.44. The molecule has 0 amide bonds. The number of ether oxygens (including phenoxy) is 8. The molecule has 0 unspecified atom stereocenters. The van der Waals surface area contributed by atoms with Gasteiger partial charge in [-0.3, -0.25) is 18.2 Å². The lowest BCUT2D eigenvalue weighted by molar-refractivity contribution is 0.108. The summed E-state index contributed by atoms with van der Waals surface area (Å²) in [6.07, 6.45) is -1.71. The molecular weight excluding hydrogens is 977 g/mol. The number of hydrogen-bond donors (Lipinski definition) is 4. The second-order valence-electron chi connectivity index (χ2n) is 15.1. The van der Waals surface area contributed by atoms with Gasteiger partial charge in [-0.25, -0.2) is 0 Å². The normalized spacial score (nSPS) is 13.3. The van der Waals surface area contributed by atoms with Gasteiger partial charge in [0.2, 0.25) is 0 Å². The van der Waals surface area contributed by atoms with E-state index in [1.807, 2.05) is 0 Å². The second kappa shape index (κ2) is 23.9. The lowest BCUT2D eigenvalue weighted by Gasteiger charge is -2.24. The maximum Gasteiger partial charge on any atom is 0.294 e. The molecule has 20 nitrogen and oxygen atoms in total. The van der Waals surface area contributed by atoms with Gasteiger partial charge in [0.05, 0.1) is 46.0 Å². The SMILES string of the molecule is CCOCCOc1c2cc(S(=O)(=O)O)cc1Cc1cc(S(=O)(=O)O)cc(c1OCCOCC)Cc1cc(S(=O)(=O)O)cc(c1OCCOCC)Cc1cc(S(=O)(=O)O)cc(c1OCCOCC)C2. The summed E-state index contributed by atoms with van der Waals surface area (Å²) in [6.45, 7) is 7.87. The predicted octanol–water partition coefficient (Wildman–Crippen LogP) is 5.01. The smallest absolute Gasteiger partial charge is 0.294 e. The maximum absolute atomic E-state index is 13.1. The summed E-state index contributed by atoms with van der Waals surface area (Å²) < 4.78 is 194. The highest BCUT2D eigenvalue weighted by atomic mass is 32.2. The first-order valence-corrected chi connectivity index (χ1v) is 27.2. The minimum Gasteiger partial charge on any atom is -0.491 e. The molecule has 4 N–H and O–H groups in total. The zero-order valence-corrected chi connectivity index (χ0v) is 41.2. The van der Waals surface area contributed by atoms with Crippen molar-refractivity contribution in [1.29, 1.82) is 0 Å². The van der Waals surface area contributed by atoms with Gasteiger partial charge < -0.3 is 37.9 Å². The van der Waals surface area contributed by atoms with E-state index in [2.05, 4.69) is 0 Å². The van der Waals surface area contributed by atoms with E-state index in [-0.39, 0.29) is 120 Å². The molecule has 68 heavy (non-hydrogen) atoms. The monoisotopic (exact) mass is 1030 g/mol. The topological polar surface area (TPSA) is 291 Å². The Morgan fingerprint density at radius 2 is 0.485 bits per heavy atom. The predicted molar refractivity (Wildman–Crippen MR) is 244 cm³/mol. The fraction of sp³-hybridized carbons (Fsp3) is 0.455. The summed E-state index contributed by atoms with van der Waals surface area (Å²) in [5.74, 6) is -0.0172. The average molecular weight is 1030 g/mol. The maximum atomic E-state index is 13.1. The Morgan fingerprint density at radius 1 is 0.324 bits per heavy atom. The summed E-state index contributed by atoms with van der Waals surface area (Å²) in [5.41, 5.74) is 0.166. The van der Waals surface area contributed by atoms with E-state index >= 15 is 0 Å². The van der Waals surface area contributed by atoms with Crippen molar-refractivity contribution in [2.75, 3.05) is 79.3 Å². The van der Waals surface area contributed by atoms with Crippen molar-refractivity contribution in [3.8, 4) is 23.0 Å². The first-order valence-electron chi connectivity index (χ1n) is 21.4. The van der Waals surface area contributed by atoms with E-state index in [4.69, 9.17) is 37.9 Å². The molecule has 376 valence electrons. The third kappa shape index (κ3) is 14.8. The van der Waals surface area contributed by atoms with Crippen molar-refractivity contribution in [3.63, 3.8) is 0 Å². The van der Waals surface area contributed by atoms with E-state index in [1.54, 1.807) is 27.7 Å². The molecule has 0 radical (unpaired) electrons. The lowest BCUT2D eigenvalue weighted by atomic mass is 9.91. The van der Waals surface area contributed by atoms with Crippen LogP contribution in [0.25, 0.3) is 0 Å². The molecule has 0 spiro atoms. The summed E-state index contributed by atoms with van der Waals surface area (Å²) in [5, 5.41) is 0. The van der Waals surface area contributed by atoms with Crippen LogP contribution in [0.4, 0.5) is 0 Å². The van der Waals surface area contributed by atoms with Crippen LogP contribution in [0.1, 0.15) is 72.2 Å². The molecule has 4 aromatic carbocycles. The fourth-order valence-electron chi connectivity index (χ4n) is 7.49. The zero-order chi connectivity index (χ0) is 49.9. The highest BCUT2D eigenvalue weighted by molar-refractivity contribution is 7.86. The first kappa shape index (κ1) is 54.5. The van der Waals surface area contributed by atoms with Gasteiger partial charge >= 0.3 is 0 Å². The molecular formula is C44H56O20S4. The van der Waals surface area contributed by atoms with E-state index in [0.717, 1.165) is 48.5 Å². The average Bonchev–Trinajstić information content (AvgIpc) is 3.24. The molecule has 8 bridgehead atoms. The Morgan fingerprint density at radius 3 is 0.618 bits per heavy atom. The van der Waals surface area contributed by atoms with Crippen LogP contribution in [0.3, 0.4) is 0 Å². The molecule has 4 aromatic rings. The molecule has 0 atom stereocenters. The number of benzene rings is 4. The van der Waals surface area contributed by atoms with Gasteiger partial charge in [-0.2, -0.15) is 33.7 Å². The third-order valence-corrected chi connectivity index (χ3v) is 13.6. The van der Waals surface area contributed by atoms with Crippen LogP contribution in [0, 0.1) is 0 Å². The summed E-state index contributed by atoms with van der Waals surface area (Å²) in [4.78, 5) is -2.57. The number of hydrogen-bond acceptors (Lipinski definition) is 16. The molecule has 24 heteroatoms. The van der Waals surface area contributed by atoms with Gasteiger partial charge in [0.25, 0.3) is 40.5 Å². The third-order valence-electron chi connectivity index (χ3n) is 10.3. The molecule has 0 aromatic heterocycles. The largest absolute Gasteiger partial charge is 0.491 e. The minimum atomic E-state index is -5.03. The van der Waals surface area contributed by atoms with Gasteiger partial charge in [0.1, 0.15) is 49.4 Å². The van der Waals surface area contributed by atoms with Crippen molar-refractivity contribution < 1.29 is 89.8 Å². The molecule has 0 saturated heterocycles. The van der Waals surface area contributed by atoms with Gasteiger partial charge in [-0.15, -0.1) is 0 Å². The van der Waals surface area contributed by atoms with Crippen LogP contribution >= 0.6 is 0 Å². The standard InChI is InChI=1S/C44H56O20S4/c1-5-57-9-13-61-41-29-17-31-23-38(66(48,49)50)25-33(42(31)62-14-10-58-6-2)19-35-27-40(68(54,55)56)28-36(44(35)64-16-12-60-8-4)20-34-26-39(67(51,52)53)24-32(43(34)63-15-11-59-7-3)18-30(41)22-37(21-29)65(45,46)47/h21-28H,5-20H2,1-4H3,(H,45,46,47)(H,48,49,50)(H,51,52,53)(H,54,55,56). The van der Waals surface area contributed by atoms with Crippen molar-refractivity contribution in [2.24, 2.45) is 0 Å².